The smallest absolute Gasteiger partial charge is 0.342 e. The number of carbonyl (C=O) groups is 1. The Balaban J connectivity index is 1.64. The number of hydrogen-bond donors (Lipinski definition) is 1. The van der Waals surface area contributed by atoms with E-state index in [9.17, 15) is 20.0 Å². The standard InChI is InChI=1S/C21H14N2O6S/c1-12-6-7-13(23(26)27)10-15(12)17-9-8-14(28-17)11-19(20(24)25)30-21-22-16-4-2-3-5-18(16)29-21/h2-11H,1H3,(H,24,25)/b19-11-. The molecule has 0 bridgehead atoms. The molecule has 2 heterocycles. The fourth-order valence-corrected chi connectivity index (χ4v) is 3.54. The van der Waals surface area contributed by atoms with Gasteiger partial charge in [0.05, 0.1) is 4.92 Å². The molecule has 0 aliphatic heterocycles. The number of furan rings is 1. The number of nitrogens with zero attached hydrogens (tertiary/aromatic N) is 2. The first kappa shape index (κ1) is 19.5. The zero-order valence-corrected chi connectivity index (χ0v) is 16.4. The number of carboxylic acid groups (broad SMARTS) is 1. The van der Waals surface area contributed by atoms with Crippen molar-refractivity contribution in [3.8, 4) is 11.3 Å². The maximum Gasteiger partial charge on any atom is 0.342 e. The van der Waals surface area contributed by atoms with Crippen molar-refractivity contribution in [2.24, 2.45) is 0 Å². The summed E-state index contributed by atoms with van der Waals surface area (Å²) in [7, 11) is 0. The highest BCUT2D eigenvalue weighted by Crippen LogP contribution is 2.33. The number of benzene rings is 2. The Morgan fingerprint density at radius 3 is 2.70 bits per heavy atom. The molecule has 0 unspecified atom stereocenters. The summed E-state index contributed by atoms with van der Waals surface area (Å²) in [6.45, 7) is 1.81. The molecule has 0 amide bonds. The third-order valence-electron chi connectivity index (χ3n) is 4.28. The summed E-state index contributed by atoms with van der Waals surface area (Å²) >= 11 is 0.866. The molecule has 0 atom stereocenters. The van der Waals surface area contributed by atoms with Crippen LogP contribution >= 0.6 is 11.8 Å². The molecule has 0 saturated carbocycles. The average molecular weight is 422 g/mol. The van der Waals surface area contributed by atoms with Crippen LogP contribution in [-0.2, 0) is 4.79 Å². The molecular formula is C21H14N2O6S. The minimum atomic E-state index is -1.16. The van der Waals surface area contributed by atoms with Gasteiger partial charge in [0, 0.05) is 23.8 Å². The second kappa shape index (κ2) is 7.88. The summed E-state index contributed by atoms with van der Waals surface area (Å²) in [5.74, 6) is -0.470. The van der Waals surface area contributed by atoms with E-state index in [4.69, 9.17) is 8.83 Å². The molecule has 2 aromatic carbocycles. The van der Waals surface area contributed by atoms with Gasteiger partial charge in [0.1, 0.15) is 21.9 Å². The fourth-order valence-electron chi connectivity index (χ4n) is 2.82. The largest absolute Gasteiger partial charge is 0.477 e. The molecule has 0 saturated heterocycles. The third kappa shape index (κ3) is 3.96. The molecule has 8 nitrogen and oxygen atoms in total. The molecule has 0 spiro atoms. The van der Waals surface area contributed by atoms with Crippen LogP contribution in [0.15, 0.2) is 73.6 Å². The normalized spacial score (nSPS) is 11.7. The van der Waals surface area contributed by atoms with Gasteiger partial charge in [-0.05, 0) is 48.5 Å². The van der Waals surface area contributed by atoms with Crippen LogP contribution < -0.4 is 0 Å². The maximum atomic E-state index is 11.7. The monoisotopic (exact) mass is 422 g/mol. The summed E-state index contributed by atoms with van der Waals surface area (Å²) in [5, 5.41) is 20.8. The highest BCUT2D eigenvalue weighted by atomic mass is 32.2. The molecule has 4 rings (SSSR count). The Hall–Kier alpha value is -3.85. The zero-order chi connectivity index (χ0) is 21.3. The van der Waals surface area contributed by atoms with Crippen LogP contribution in [0.5, 0.6) is 0 Å². The maximum absolute atomic E-state index is 11.7. The van der Waals surface area contributed by atoms with Gasteiger partial charge in [0.25, 0.3) is 10.9 Å². The number of nitro benzene ring substituents is 1. The van der Waals surface area contributed by atoms with E-state index in [-0.39, 0.29) is 21.6 Å². The molecular weight excluding hydrogens is 408 g/mol. The van der Waals surface area contributed by atoms with Crippen LogP contribution in [0.4, 0.5) is 5.69 Å². The molecule has 1 N–H and O–H groups in total. The number of aryl methyl sites for hydroxylation is 1. The van der Waals surface area contributed by atoms with Crippen LogP contribution in [0.1, 0.15) is 11.3 Å². The van der Waals surface area contributed by atoms with Gasteiger partial charge in [-0.25, -0.2) is 9.78 Å². The van der Waals surface area contributed by atoms with E-state index < -0.39 is 10.9 Å². The van der Waals surface area contributed by atoms with Gasteiger partial charge in [-0.1, -0.05) is 18.2 Å². The number of nitro groups is 1. The van der Waals surface area contributed by atoms with Gasteiger partial charge in [-0.15, -0.1) is 0 Å². The number of carboxylic acids is 1. The second-order valence-corrected chi connectivity index (χ2v) is 7.31. The van der Waals surface area contributed by atoms with Gasteiger partial charge in [0.2, 0.25) is 0 Å². The van der Waals surface area contributed by atoms with Crippen molar-refractivity contribution < 1.29 is 23.7 Å². The predicted molar refractivity (Wildman–Crippen MR) is 111 cm³/mol. The summed E-state index contributed by atoms with van der Waals surface area (Å²) in [6.07, 6.45) is 1.36. The number of non-ortho nitro benzene ring substituents is 1. The van der Waals surface area contributed by atoms with Crippen molar-refractivity contribution in [1.82, 2.24) is 4.98 Å². The number of fused-ring (bicyclic) bond motifs is 1. The number of para-hydroxylation sites is 2. The van der Waals surface area contributed by atoms with E-state index in [0.29, 0.717) is 22.4 Å². The van der Waals surface area contributed by atoms with E-state index >= 15 is 0 Å². The lowest BCUT2D eigenvalue weighted by Crippen LogP contribution is -1.96. The van der Waals surface area contributed by atoms with Crippen molar-refractivity contribution in [3.05, 3.63) is 80.9 Å². The highest BCUT2D eigenvalue weighted by Gasteiger charge is 2.17. The van der Waals surface area contributed by atoms with Gasteiger partial charge >= 0.3 is 5.97 Å². The van der Waals surface area contributed by atoms with E-state index in [1.165, 1.54) is 18.2 Å². The quantitative estimate of drug-likeness (QED) is 0.187. The Bertz CT molecular complexity index is 1270. The summed E-state index contributed by atoms with van der Waals surface area (Å²) in [6, 6.07) is 14.9. The van der Waals surface area contributed by atoms with Crippen molar-refractivity contribution in [2.75, 3.05) is 0 Å². The van der Waals surface area contributed by atoms with E-state index in [1.54, 1.807) is 36.4 Å². The molecule has 0 radical (unpaired) electrons. The lowest BCUT2D eigenvalue weighted by atomic mass is 10.1. The Labute approximate surface area is 174 Å². The summed E-state index contributed by atoms with van der Waals surface area (Å²) in [5.41, 5.74) is 2.50. The van der Waals surface area contributed by atoms with E-state index in [1.807, 2.05) is 13.0 Å². The van der Waals surface area contributed by atoms with Crippen molar-refractivity contribution in [2.45, 2.75) is 12.1 Å². The lowest BCUT2D eigenvalue weighted by Gasteiger charge is -2.02. The predicted octanol–water partition coefficient (Wildman–Crippen LogP) is 5.52. The number of oxazole rings is 1. The van der Waals surface area contributed by atoms with Crippen LogP contribution in [0.2, 0.25) is 0 Å². The van der Waals surface area contributed by atoms with Crippen molar-refractivity contribution in [3.63, 3.8) is 0 Å². The van der Waals surface area contributed by atoms with Crippen LogP contribution in [0.25, 0.3) is 28.5 Å². The van der Waals surface area contributed by atoms with Gasteiger partial charge in [0.15, 0.2) is 5.58 Å². The molecule has 4 aromatic rings. The number of aliphatic carboxylic acids is 1. The molecule has 0 aliphatic rings. The first-order chi connectivity index (χ1) is 14.4. The van der Waals surface area contributed by atoms with Gasteiger partial charge < -0.3 is 13.9 Å². The number of aromatic nitrogens is 1. The van der Waals surface area contributed by atoms with E-state index in [2.05, 4.69) is 4.98 Å². The average Bonchev–Trinajstić information content (AvgIpc) is 3.34. The Morgan fingerprint density at radius 1 is 1.17 bits per heavy atom. The first-order valence-corrected chi connectivity index (χ1v) is 9.56. The first-order valence-electron chi connectivity index (χ1n) is 8.74. The molecule has 30 heavy (non-hydrogen) atoms. The minimum absolute atomic E-state index is 0.0433. The molecule has 0 fully saturated rings. The van der Waals surface area contributed by atoms with Gasteiger partial charge in [-0.3, -0.25) is 10.1 Å². The zero-order valence-electron chi connectivity index (χ0n) is 15.6. The van der Waals surface area contributed by atoms with Crippen LogP contribution in [-0.4, -0.2) is 21.0 Å². The van der Waals surface area contributed by atoms with Crippen LogP contribution in [0.3, 0.4) is 0 Å². The SMILES string of the molecule is Cc1ccc([N+](=O)[O-])cc1-c1ccc(/C=C(\Sc2nc3ccccc3o2)C(=O)O)o1. The second-order valence-electron chi connectivity index (χ2n) is 6.32. The lowest BCUT2D eigenvalue weighted by molar-refractivity contribution is -0.384. The minimum Gasteiger partial charge on any atom is -0.477 e. The molecule has 2 aromatic heterocycles. The van der Waals surface area contributed by atoms with Crippen molar-refractivity contribution >= 4 is 40.6 Å². The number of rotatable bonds is 6. The van der Waals surface area contributed by atoms with E-state index in [0.717, 1.165) is 17.3 Å². The number of hydrogen-bond acceptors (Lipinski definition) is 7. The topological polar surface area (TPSA) is 120 Å². The summed E-state index contributed by atoms with van der Waals surface area (Å²) in [4.78, 5) is 26.5. The van der Waals surface area contributed by atoms with Gasteiger partial charge in [-0.2, -0.15) is 0 Å². The molecule has 0 aliphatic carbocycles. The molecule has 150 valence electrons. The highest BCUT2D eigenvalue weighted by molar-refractivity contribution is 8.03. The summed E-state index contributed by atoms with van der Waals surface area (Å²) < 4.78 is 11.3. The third-order valence-corrected chi connectivity index (χ3v) is 5.14. The molecule has 9 heteroatoms. The van der Waals surface area contributed by atoms with Crippen molar-refractivity contribution in [1.29, 1.82) is 0 Å². The number of thioether (sulfide) groups is 1. The van der Waals surface area contributed by atoms with Crippen LogP contribution in [0, 0.1) is 17.0 Å². The fraction of sp³-hybridized carbons (Fsp3) is 0.0476. The Morgan fingerprint density at radius 2 is 1.97 bits per heavy atom. The Kier molecular flexibility index (Phi) is 5.11.